The molecule has 1 fully saturated rings. The van der Waals surface area contributed by atoms with Gasteiger partial charge in [-0.1, -0.05) is 36.0 Å². The number of aromatic nitrogens is 2. The van der Waals surface area contributed by atoms with Crippen LogP contribution in [0.1, 0.15) is 25.7 Å². The van der Waals surface area contributed by atoms with Crippen LogP contribution < -0.4 is 11.1 Å². The second-order valence-electron chi connectivity index (χ2n) is 5.21. The largest absolute Gasteiger partial charge is 0.379 e. The van der Waals surface area contributed by atoms with Crippen LogP contribution in [0.15, 0.2) is 6.07 Å². The second-order valence-corrected chi connectivity index (χ2v) is 6.55. The van der Waals surface area contributed by atoms with Gasteiger partial charge in [0.1, 0.15) is 11.0 Å². The number of anilines is 1. The number of halogens is 2. The topological polar surface area (TPSA) is 63.8 Å². The zero-order valence-corrected chi connectivity index (χ0v) is 13.2. The van der Waals surface area contributed by atoms with Crippen molar-refractivity contribution >= 4 is 51.7 Å². The van der Waals surface area contributed by atoms with Crippen molar-refractivity contribution in [2.45, 2.75) is 31.7 Å². The molecule has 0 bridgehead atoms. The molecule has 2 unspecified atom stereocenters. The number of hydrogen-bond acceptors (Lipinski definition) is 5. The first-order chi connectivity index (χ1) is 9.70. The van der Waals surface area contributed by atoms with Gasteiger partial charge in [-0.05, 0) is 31.4 Å². The first-order valence-electron chi connectivity index (χ1n) is 6.77. The lowest BCUT2D eigenvalue weighted by molar-refractivity contribution is 0.333. The van der Waals surface area contributed by atoms with Gasteiger partial charge in [-0.25, -0.2) is 0 Å². The van der Waals surface area contributed by atoms with Crippen LogP contribution in [0.25, 0.3) is 11.0 Å². The number of nitrogens with two attached hydrogens (primary N) is 1. The van der Waals surface area contributed by atoms with Crippen LogP contribution in [-0.4, -0.2) is 21.3 Å². The maximum absolute atomic E-state index is 6.33. The minimum Gasteiger partial charge on any atom is -0.379 e. The molecule has 2 aromatic rings. The van der Waals surface area contributed by atoms with Crippen LogP contribution in [0.5, 0.6) is 0 Å². The summed E-state index contributed by atoms with van der Waals surface area (Å²) in [5.74, 6) is 0.483. The average Bonchev–Trinajstić information content (AvgIpc) is 2.93. The van der Waals surface area contributed by atoms with Crippen molar-refractivity contribution in [3.63, 3.8) is 0 Å². The minimum absolute atomic E-state index is 0.345. The molecule has 1 saturated carbocycles. The van der Waals surface area contributed by atoms with E-state index in [1.807, 2.05) is 0 Å². The van der Waals surface area contributed by atoms with E-state index in [0.717, 1.165) is 35.8 Å². The van der Waals surface area contributed by atoms with Crippen LogP contribution in [-0.2, 0) is 0 Å². The zero-order chi connectivity index (χ0) is 14.1. The highest BCUT2D eigenvalue weighted by molar-refractivity contribution is 7.00. The van der Waals surface area contributed by atoms with E-state index >= 15 is 0 Å². The Morgan fingerprint density at radius 1 is 1.20 bits per heavy atom. The molecule has 4 nitrogen and oxygen atoms in total. The zero-order valence-electron chi connectivity index (χ0n) is 10.9. The number of nitrogens with zero attached hydrogens (tertiary/aromatic N) is 2. The average molecular weight is 331 g/mol. The van der Waals surface area contributed by atoms with E-state index < -0.39 is 0 Å². The molecule has 0 radical (unpaired) electrons. The van der Waals surface area contributed by atoms with Gasteiger partial charge in [0.25, 0.3) is 0 Å². The molecule has 3 rings (SSSR count). The summed E-state index contributed by atoms with van der Waals surface area (Å²) in [4.78, 5) is 0. The van der Waals surface area contributed by atoms with Crippen molar-refractivity contribution in [1.82, 2.24) is 8.75 Å². The third-order valence-electron chi connectivity index (χ3n) is 3.99. The smallest absolute Gasteiger partial charge is 0.130 e. The standard InChI is InChI=1S/C13H16Cl2N4S/c14-8-5-9(15)12-13(19-20-18-12)11(8)17-10-4-2-1-3-7(10)6-16/h5,7,10,17H,1-4,6,16H2. The molecule has 2 atom stereocenters. The summed E-state index contributed by atoms with van der Waals surface area (Å²) in [6, 6.07) is 2.08. The predicted molar refractivity (Wildman–Crippen MR) is 85.9 cm³/mol. The Bertz CT molecular complexity index is 616. The highest BCUT2D eigenvalue weighted by Crippen LogP contribution is 2.37. The fourth-order valence-corrected chi connectivity index (χ4v) is 4.04. The van der Waals surface area contributed by atoms with Gasteiger partial charge in [0.05, 0.1) is 27.5 Å². The molecule has 0 amide bonds. The molecule has 0 spiro atoms. The van der Waals surface area contributed by atoms with Crippen LogP contribution in [0.4, 0.5) is 5.69 Å². The predicted octanol–water partition coefficient (Wildman–Crippen LogP) is 3.93. The van der Waals surface area contributed by atoms with Crippen molar-refractivity contribution in [3.05, 3.63) is 16.1 Å². The Morgan fingerprint density at radius 2 is 1.95 bits per heavy atom. The molecule has 3 N–H and O–H groups in total. The number of fused-ring (bicyclic) bond motifs is 1. The molecule has 7 heteroatoms. The van der Waals surface area contributed by atoms with Crippen LogP contribution in [0.3, 0.4) is 0 Å². The van der Waals surface area contributed by atoms with Crippen molar-refractivity contribution in [2.75, 3.05) is 11.9 Å². The normalized spacial score (nSPS) is 23.1. The SMILES string of the molecule is NCC1CCCCC1Nc1c(Cl)cc(Cl)c2nsnc12. The first-order valence-corrected chi connectivity index (χ1v) is 8.26. The van der Waals surface area contributed by atoms with E-state index in [0.29, 0.717) is 34.1 Å². The molecular formula is C13H16Cl2N4S. The number of benzene rings is 1. The quantitative estimate of drug-likeness (QED) is 0.894. The van der Waals surface area contributed by atoms with E-state index in [2.05, 4.69) is 14.1 Å². The van der Waals surface area contributed by atoms with Crippen LogP contribution in [0.2, 0.25) is 10.0 Å². The summed E-state index contributed by atoms with van der Waals surface area (Å²) >= 11 is 13.6. The van der Waals surface area contributed by atoms with Gasteiger partial charge in [-0.2, -0.15) is 8.75 Å². The van der Waals surface area contributed by atoms with Gasteiger partial charge in [0, 0.05) is 6.04 Å². The molecule has 0 aliphatic heterocycles. The summed E-state index contributed by atoms with van der Waals surface area (Å²) in [5, 5.41) is 4.68. The maximum atomic E-state index is 6.33. The fraction of sp³-hybridized carbons (Fsp3) is 0.538. The number of rotatable bonds is 3. The maximum Gasteiger partial charge on any atom is 0.130 e. The van der Waals surface area contributed by atoms with E-state index in [1.165, 1.54) is 12.8 Å². The Kier molecular flexibility index (Phi) is 4.31. The highest BCUT2D eigenvalue weighted by atomic mass is 35.5. The number of nitrogens with one attached hydrogen (secondary N) is 1. The Hall–Kier alpha value is -0.620. The molecular weight excluding hydrogens is 315 g/mol. The highest BCUT2D eigenvalue weighted by Gasteiger charge is 2.26. The van der Waals surface area contributed by atoms with Gasteiger partial charge >= 0.3 is 0 Å². The summed E-state index contributed by atoms with van der Waals surface area (Å²) in [5.41, 5.74) is 8.19. The fourth-order valence-electron chi connectivity index (χ4n) is 2.88. The third kappa shape index (κ3) is 2.60. The van der Waals surface area contributed by atoms with Crippen molar-refractivity contribution < 1.29 is 0 Å². The van der Waals surface area contributed by atoms with Crippen molar-refractivity contribution in [1.29, 1.82) is 0 Å². The molecule has 1 aliphatic carbocycles. The summed E-state index contributed by atoms with van der Waals surface area (Å²) < 4.78 is 8.55. The summed E-state index contributed by atoms with van der Waals surface area (Å²) in [7, 11) is 0. The lowest BCUT2D eigenvalue weighted by atomic mass is 9.84. The van der Waals surface area contributed by atoms with Gasteiger partial charge in [0.15, 0.2) is 0 Å². The minimum atomic E-state index is 0.345. The Morgan fingerprint density at radius 3 is 2.75 bits per heavy atom. The molecule has 1 aromatic heterocycles. The lowest BCUT2D eigenvalue weighted by Crippen LogP contribution is -2.36. The van der Waals surface area contributed by atoms with E-state index in [4.69, 9.17) is 28.9 Å². The molecule has 20 heavy (non-hydrogen) atoms. The van der Waals surface area contributed by atoms with E-state index in [-0.39, 0.29) is 0 Å². The molecule has 0 saturated heterocycles. The molecule has 1 aliphatic rings. The molecule has 108 valence electrons. The van der Waals surface area contributed by atoms with Gasteiger partial charge in [0.2, 0.25) is 0 Å². The Labute approximate surface area is 132 Å². The van der Waals surface area contributed by atoms with E-state index in [1.54, 1.807) is 6.07 Å². The van der Waals surface area contributed by atoms with Crippen molar-refractivity contribution in [2.24, 2.45) is 11.7 Å². The van der Waals surface area contributed by atoms with Crippen molar-refractivity contribution in [3.8, 4) is 0 Å². The monoisotopic (exact) mass is 330 g/mol. The summed E-state index contributed by atoms with van der Waals surface area (Å²) in [6.07, 6.45) is 4.75. The lowest BCUT2D eigenvalue weighted by Gasteiger charge is -2.32. The second kappa shape index (κ2) is 6.02. The van der Waals surface area contributed by atoms with Gasteiger partial charge < -0.3 is 11.1 Å². The third-order valence-corrected chi connectivity index (χ3v) is 5.10. The van der Waals surface area contributed by atoms with Crippen LogP contribution in [0, 0.1) is 5.92 Å². The number of hydrogen-bond donors (Lipinski definition) is 2. The van der Waals surface area contributed by atoms with E-state index in [9.17, 15) is 0 Å². The van der Waals surface area contributed by atoms with Crippen LogP contribution >= 0.6 is 34.9 Å². The molecule has 1 aromatic carbocycles. The Balaban J connectivity index is 1.95. The van der Waals surface area contributed by atoms with Gasteiger partial charge in [-0.15, -0.1) is 0 Å². The summed E-state index contributed by atoms with van der Waals surface area (Å²) in [6.45, 7) is 0.696. The molecule has 1 heterocycles. The van der Waals surface area contributed by atoms with Gasteiger partial charge in [-0.3, -0.25) is 0 Å². The first kappa shape index (κ1) is 14.3.